The molecule has 4 aromatic rings. The minimum absolute atomic E-state index is 0.000266. The first-order chi connectivity index (χ1) is 15.0. The number of aromatic hydroxyl groups is 2. The smallest absolute Gasteiger partial charge is 0.165 e. The Bertz CT molecular complexity index is 1250. The third-order valence-electron chi connectivity index (χ3n) is 5.17. The zero-order valence-electron chi connectivity index (χ0n) is 17.0. The number of benzene rings is 3. The summed E-state index contributed by atoms with van der Waals surface area (Å²) in [7, 11) is 0. The summed E-state index contributed by atoms with van der Waals surface area (Å²) in [5.74, 6) is 1.15. The van der Waals surface area contributed by atoms with E-state index >= 15 is 0 Å². The molecule has 6 nitrogen and oxygen atoms in total. The van der Waals surface area contributed by atoms with Crippen molar-refractivity contribution in [2.24, 2.45) is 5.73 Å². The van der Waals surface area contributed by atoms with Crippen molar-refractivity contribution in [3.05, 3.63) is 65.7 Å². The Balaban J connectivity index is 1.84. The van der Waals surface area contributed by atoms with E-state index in [0.29, 0.717) is 39.9 Å². The van der Waals surface area contributed by atoms with Gasteiger partial charge < -0.3 is 21.3 Å². The molecule has 0 bridgehead atoms. The maximum absolute atomic E-state index is 10.6. The van der Waals surface area contributed by atoms with E-state index in [4.69, 9.17) is 17.3 Å². The fourth-order valence-corrected chi connectivity index (χ4v) is 3.50. The lowest BCUT2D eigenvalue weighted by Crippen LogP contribution is -2.28. The fraction of sp³-hybridized carbons (Fsp3) is 0.167. The van der Waals surface area contributed by atoms with E-state index in [1.165, 1.54) is 6.07 Å². The van der Waals surface area contributed by atoms with Gasteiger partial charge in [-0.2, -0.15) is 0 Å². The van der Waals surface area contributed by atoms with Crippen LogP contribution in [0.15, 0.2) is 60.7 Å². The molecule has 0 aliphatic carbocycles. The number of para-hydroxylation sites is 1. The van der Waals surface area contributed by atoms with Crippen LogP contribution in [0.1, 0.15) is 13.3 Å². The molecule has 0 radical (unpaired) electrons. The SMILES string of the molecule is CC[C@H](N)CNc1nc(-c2cc(-c3cc(Cl)ccc3O)ccc2O)nc2ccccc12. The molecule has 0 saturated heterocycles. The lowest BCUT2D eigenvalue weighted by molar-refractivity contribution is 0.475. The van der Waals surface area contributed by atoms with Crippen molar-refractivity contribution in [1.29, 1.82) is 0 Å². The molecule has 1 heterocycles. The van der Waals surface area contributed by atoms with Gasteiger partial charge in [-0.05, 0) is 54.4 Å². The maximum atomic E-state index is 10.6. The second-order valence-electron chi connectivity index (χ2n) is 7.36. The standard InChI is InChI=1S/C24H23ClN4O2/c1-2-16(26)13-27-23-17-5-3-4-6-20(17)28-24(29-23)19-11-14(7-9-22(19)31)18-12-15(25)8-10-21(18)30/h3-12,16,30-31H,2,13,26H2,1H3,(H,27,28,29)/t16-/m0/s1. The highest BCUT2D eigenvalue weighted by Gasteiger charge is 2.15. The minimum Gasteiger partial charge on any atom is -0.507 e. The molecule has 158 valence electrons. The third kappa shape index (κ3) is 4.40. The zero-order chi connectivity index (χ0) is 22.0. The lowest BCUT2D eigenvalue weighted by Gasteiger charge is -2.15. The van der Waals surface area contributed by atoms with Gasteiger partial charge in [0.05, 0.1) is 11.1 Å². The van der Waals surface area contributed by atoms with Gasteiger partial charge in [0.25, 0.3) is 0 Å². The van der Waals surface area contributed by atoms with Crippen molar-refractivity contribution in [3.63, 3.8) is 0 Å². The zero-order valence-corrected chi connectivity index (χ0v) is 17.8. The Kier molecular flexibility index (Phi) is 5.93. The Morgan fingerprint density at radius 1 is 0.968 bits per heavy atom. The quantitative estimate of drug-likeness (QED) is 0.333. The number of nitrogens with one attached hydrogen (secondary N) is 1. The normalized spacial score (nSPS) is 12.1. The predicted molar refractivity (Wildman–Crippen MR) is 126 cm³/mol. The third-order valence-corrected chi connectivity index (χ3v) is 5.40. The van der Waals surface area contributed by atoms with Crippen LogP contribution in [0.5, 0.6) is 11.5 Å². The Morgan fingerprint density at radius 2 is 1.71 bits per heavy atom. The number of phenols is 2. The van der Waals surface area contributed by atoms with Gasteiger partial charge in [0.1, 0.15) is 17.3 Å². The highest BCUT2D eigenvalue weighted by atomic mass is 35.5. The number of nitrogens with zero attached hydrogens (tertiary/aromatic N) is 2. The van der Waals surface area contributed by atoms with Gasteiger partial charge in [-0.3, -0.25) is 0 Å². The van der Waals surface area contributed by atoms with Crippen LogP contribution in [0.2, 0.25) is 5.02 Å². The van der Waals surface area contributed by atoms with Gasteiger partial charge in [-0.15, -0.1) is 0 Å². The van der Waals surface area contributed by atoms with Crippen molar-refractivity contribution >= 4 is 28.3 Å². The number of anilines is 1. The summed E-state index contributed by atoms with van der Waals surface area (Å²) < 4.78 is 0. The number of rotatable bonds is 6. The summed E-state index contributed by atoms with van der Waals surface area (Å²) in [5.41, 5.74) is 8.51. The summed E-state index contributed by atoms with van der Waals surface area (Å²) >= 11 is 6.11. The molecular weight excluding hydrogens is 412 g/mol. The van der Waals surface area contributed by atoms with Gasteiger partial charge in [-0.25, -0.2) is 9.97 Å². The molecule has 0 spiro atoms. The highest BCUT2D eigenvalue weighted by molar-refractivity contribution is 6.31. The van der Waals surface area contributed by atoms with Crippen LogP contribution in [-0.4, -0.2) is 32.8 Å². The summed E-state index contributed by atoms with van der Waals surface area (Å²) in [4.78, 5) is 9.34. The summed E-state index contributed by atoms with van der Waals surface area (Å²) in [6.45, 7) is 2.60. The average Bonchev–Trinajstić information content (AvgIpc) is 2.79. The molecule has 7 heteroatoms. The molecule has 31 heavy (non-hydrogen) atoms. The minimum atomic E-state index is -0.000266. The molecule has 0 aliphatic heterocycles. The van der Waals surface area contributed by atoms with Crippen molar-refractivity contribution in [2.45, 2.75) is 19.4 Å². The topological polar surface area (TPSA) is 104 Å². The van der Waals surface area contributed by atoms with Gasteiger partial charge in [-0.1, -0.05) is 36.7 Å². The number of hydrogen-bond donors (Lipinski definition) is 4. The first-order valence-electron chi connectivity index (χ1n) is 10.0. The highest BCUT2D eigenvalue weighted by Crippen LogP contribution is 2.37. The summed E-state index contributed by atoms with van der Waals surface area (Å²) in [5, 5.41) is 25.5. The summed E-state index contributed by atoms with van der Waals surface area (Å²) in [6.07, 6.45) is 0.842. The van der Waals surface area contributed by atoms with E-state index in [-0.39, 0.29) is 17.5 Å². The Labute approximate surface area is 185 Å². The number of nitrogens with two attached hydrogens (primary N) is 1. The van der Waals surface area contributed by atoms with Crippen LogP contribution in [0, 0.1) is 0 Å². The van der Waals surface area contributed by atoms with E-state index < -0.39 is 0 Å². The number of halogens is 1. The molecular formula is C24H23ClN4O2. The monoisotopic (exact) mass is 434 g/mol. The second-order valence-corrected chi connectivity index (χ2v) is 7.79. The van der Waals surface area contributed by atoms with Crippen molar-refractivity contribution < 1.29 is 10.2 Å². The number of phenolic OH excluding ortho intramolecular Hbond substituents is 2. The van der Waals surface area contributed by atoms with Gasteiger partial charge in [0.2, 0.25) is 0 Å². The molecule has 1 aromatic heterocycles. The molecule has 0 saturated carbocycles. The Hall–Kier alpha value is -3.35. The Morgan fingerprint density at radius 3 is 2.52 bits per heavy atom. The first-order valence-corrected chi connectivity index (χ1v) is 10.4. The number of aromatic nitrogens is 2. The van der Waals surface area contributed by atoms with Crippen LogP contribution in [0.4, 0.5) is 5.82 Å². The van der Waals surface area contributed by atoms with E-state index in [2.05, 4.69) is 15.3 Å². The van der Waals surface area contributed by atoms with E-state index in [1.807, 2.05) is 31.2 Å². The van der Waals surface area contributed by atoms with Crippen LogP contribution in [-0.2, 0) is 0 Å². The first kappa shape index (κ1) is 20.9. The lowest BCUT2D eigenvalue weighted by atomic mass is 10.0. The van der Waals surface area contributed by atoms with Crippen molar-refractivity contribution in [2.75, 3.05) is 11.9 Å². The molecule has 0 amide bonds. The van der Waals surface area contributed by atoms with Crippen molar-refractivity contribution in [1.82, 2.24) is 9.97 Å². The van der Waals surface area contributed by atoms with Gasteiger partial charge in [0, 0.05) is 28.6 Å². The molecule has 4 rings (SSSR count). The molecule has 0 aliphatic rings. The summed E-state index contributed by atoms with van der Waals surface area (Å²) in [6, 6.07) is 17.5. The molecule has 5 N–H and O–H groups in total. The molecule has 0 fully saturated rings. The average molecular weight is 435 g/mol. The van der Waals surface area contributed by atoms with Crippen LogP contribution in [0.25, 0.3) is 33.4 Å². The number of hydrogen-bond acceptors (Lipinski definition) is 6. The number of fused-ring (bicyclic) bond motifs is 1. The molecule has 3 aromatic carbocycles. The van der Waals surface area contributed by atoms with Crippen LogP contribution in [0.3, 0.4) is 0 Å². The van der Waals surface area contributed by atoms with E-state index in [0.717, 1.165) is 17.3 Å². The van der Waals surface area contributed by atoms with Gasteiger partial charge >= 0.3 is 0 Å². The molecule has 0 unspecified atom stereocenters. The van der Waals surface area contributed by atoms with Crippen LogP contribution < -0.4 is 11.1 Å². The van der Waals surface area contributed by atoms with Gasteiger partial charge in [0.15, 0.2) is 5.82 Å². The largest absolute Gasteiger partial charge is 0.507 e. The van der Waals surface area contributed by atoms with Crippen molar-refractivity contribution in [3.8, 4) is 34.0 Å². The molecule has 1 atom stereocenters. The van der Waals surface area contributed by atoms with E-state index in [1.54, 1.807) is 30.3 Å². The van der Waals surface area contributed by atoms with E-state index in [9.17, 15) is 10.2 Å². The second kappa shape index (κ2) is 8.79. The predicted octanol–water partition coefficient (Wildman–Crippen LogP) is 5.18. The van der Waals surface area contributed by atoms with Crippen LogP contribution >= 0.6 is 11.6 Å². The fourth-order valence-electron chi connectivity index (χ4n) is 3.33. The maximum Gasteiger partial charge on any atom is 0.165 e.